The molecule has 0 amide bonds. The van der Waals surface area contributed by atoms with Gasteiger partial charge < -0.3 is 14.6 Å². The Morgan fingerprint density at radius 1 is 1.12 bits per heavy atom. The third kappa shape index (κ3) is 7.57. The first kappa shape index (κ1) is 21.6. The van der Waals surface area contributed by atoms with Gasteiger partial charge in [0.25, 0.3) is 0 Å². The number of allylic oxidation sites excluding steroid dienone is 1. The highest BCUT2D eigenvalue weighted by molar-refractivity contribution is 6.30. The molecule has 0 unspecified atom stereocenters. The summed E-state index contributed by atoms with van der Waals surface area (Å²) >= 11 is 5.07. The van der Waals surface area contributed by atoms with Crippen molar-refractivity contribution in [2.75, 3.05) is 19.8 Å². The summed E-state index contributed by atoms with van der Waals surface area (Å²) in [6.07, 6.45) is -0.812. The summed E-state index contributed by atoms with van der Waals surface area (Å²) in [5.41, 5.74) is 1.92. The van der Waals surface area contributed by atoms with Crippen LogP contribution in [0.4, 0.5) is 13.2 Å². The molecule has 0 radical (unpaired) electrons. The summed E-state index contributed by atoms with van der Waals surface area (Å²) in [4.78, 5) is 0. The van der Waals surface area contributed by atoms with E-state index in [0.29, 0.717) is 26.1 Å². The highest BCUT2D eigenvalue weighted by Crippen LogP contribution is 2.30. The minimum Gasteiger partial charge on any atom is -0.508 e. The van der Waals surface area contributed by atoms with E-state index in [2.05, 4.69) is 0 Å². The summed E-state index contributed by atoms with van der Waals surface area (Å²) < 4.78 is 47.4. The van der Waals surface area contributed by atoms with E-state index in [1.165, 1.54) is 0 Å². The smallest absolute Gasteiger partial charge is 0.426 e. The van der Waals surface area contributed by atoms with Crippen LogP contribution in [-0.2, 0) is 17.6 Å². The maximum atomic E-state index is 12.1. The molecule has 0 spiro atoms. The number of phenolic OH excluding ortho intramolecular Hbond substituents is 1. The second kappa shape index (κ2) is 10.6. The van der Waals surface area contributed by atoms with Crippen molar-refractivity contribution in [3.8, 4) is 11.5 Å². The zero-order valence-electron chi connectivity index (χ0n) is 14.5. The number of hydrogen-bond acceptors (Lipinski definition) is 3. The van der Waals surface area contributed by atoms with Crippen LogP contribution in [0.1, 0.15) is 37.8 Å². The Morgan fingerprint density at radius 3 is 2.20 bits per heavy atom. The highest BCUT2D eigenvalue weighted by atomic mass is 35.5. The molecule has 25 heavy (non-hydrogen) atoms. The second-order valence-corrected chi connectivity index (χ2v) is 5.89. The monoisotopic (exact) mass is 380 g/mol. The second-order valence-electron chi connectivity index (χ2n) is 5.48. The first-order valence-corrected chi connectivity index (χ1v) is 8.65. The van der Waals surface area contributed by atoms with Crippen LogP contribution in [0.3, 0.4) is 0 Å². The third-order valence-electron chi connectivity index (χ3n) is 3.57. The molecule has 7 heteroatoms. The molecule has 0 aromatic heterocycles. The first-order chi connectivity index (χ1) is 11.8. The minimum atomic E-state index is -4.52. The van der Waals surface area contributed by atoms with Gasteiger partial charge in [-0.25, -0.2) is 0 Å². The fourth-order valence-corrected chi connectivity index (χ4v) is 2.32. The van der Waals surface area contributed by atoms with E-state index in [-0.39, 0.29) is 12.4 Å². The molecule has 142 valence electrons. The SMILES string of the molecule is CCc1cc(O)cc(CC)c1OCCCCOCC=C(Cl)C(F)(F)F. The molecule has 0 fully saturated rings. The molecule has 1 rings (SSSR count). The van der Waals surface area contributed by atoms with Crippen LogP contribution in [0.25, 0.3) is 0 Å². The van der Waals surface area contributed by atoms with E-state index in [0.717, 1.165) is 35.8 Å². The molecule has 0 aliphatic heterocycles. The molecule has 0 aliphatic rings. The Balaban J connectivity index is 2.33. The minimum absolute atomic E-state index is 0.170. The van der Waals surface area contributed by atoms with E-state index >= 15 is 0 Å². The predicted octanol–water partition coefficient (Wildman–Crippen LogP) is 5.38. The normalized spacial score (nSPS) is 12.5. The Labute approximate surface area is 151 Å². The van der Waals surface area contributed by atoms with Crippen molar-refractivity contribution in [1.82, 2.24) is 0 Å². The number of rotatable bonds is 10. The fraction of sp³-hybridized carbons (Fsp3) is 0.556. The van der Waals surface area contributed by atoms with Gasteiger partial charge in [0.2, 0.25) is 0 Å². The lowest BCUT2D eigenvalue weighted by molar-refractivity contribution is -0.0850. The molecule has 0 atom stereocenters. The van der Waals surface area contributed by atoms with Gasteiger partial charge >= 0.3 is 6.18 Å². The van der Waals surface area contributed by atoms with Crippen LogP contribution >= 0.6 is 11.6 Å². The van der Waals surface area contributed by atoms with Gasteiger partial charge in [0, 0.05) is 6.61 Å². The van der Waals surface area contributed by atoms with Crippen LogP contribution in [0.15, 0.2) is 23.2 Å². The Morgan fingerprint density at radius 2 is 1.68 bits per heavy atom. The molecule has 1 aromatic rings. The van der Waals surface area contributed by atoms with Crippen molar-refractivity contribution < 1.29 is 27.8 Å². The van der Waals surface area contributed by atoms with Crippen molar-refractivity contribution in [2.24, 2.45) is 0 Å². The molecule has 0 saturated carbocycles. The summed E-state index contributed by atoms with van der Waals surface area (Å²) in [6, 6.07) is 3.41. The van der Waals surface area contributed by atoms with Gasteiger partial charge in [-0.1, -0.05) is 25.4 Å². The van der Waals surface area contributed by atoms with Crippen LogP contribution in [0.2, 0.25) is 0 Å². The molecular weight excluding hydrogens is 357 g/mol. The van der Waals surface area contributed by atoms with Crippen LogP contribution < -0.4 is 4.74 Å². The number of alkyl halides is 3. The summed E-state index contributed by atoms with van der Waals surface area (Å²) in [7, 11) is 0. The van der Waals surface area contributed by atoms with Crippen molar-refractivity contribution in [2.45, 2.75) is 45.7 Å². The standard InChI is InChI=1S/C18H24ClF3O3/c1-3-13-11-15(23)12-14(4-2)17(13)25-9-6-5-8-24-10-7-16(19)18(20,21)22/h7,11-12,23H,3-6,8-10H2,1-2H3. The van der Waals surface area contributed by atoms with Crippen LogP contribution in [0, 0.1) is 0 Å². The van der Waals surface area contributed by atoms with E-state index < -0.39 is 11.2 Å². The quantitative estimate of drug-likeness (QED) is 0.554. The Hall–Kier alpha value is -1.40. The van der Waals surface area contributed by atoms with Crippen molar-refractivity contribution in [3.05, 3.63) is 34.4 Å². The summed E-state index contributed by atoms with van der Waals surface area (Å²) in [5.74, 6) is 1.05. The molecule has 1 N–H and O–H groups in total. The third-order valence-corrected chi connectivity index (χ3v) is 3.94. The number of hydrogen-bond donors (Lipinski definition) is 1. The maximum Gasteiger partial charge on any atom is 0.426 e. The average molecular weight is 381 g/mol. The van der Waals surface area contributed by atoms with Gasteiger partial charge in [0.05, 0.1) is 13.2 Å². The van der Waals surface area contributed by atoms with Crippen molar-refractivity contribution >= 4 is 11.6 Å². The van der Waals surface area contributed by atoms with Gasteiger partial charge in [-0.2, -0.15) is 13.2 Å². The van der Waals surface area contributed by atoms with Gasteiger partial charge in [-0.05, 0) is 55.0 Å². The summed E-state index contributed by atoms with van der Waals surface area (Å²) in [5, 5.41) is 8.54. The summed E-state index contributed by atoms with van der Waals surface area (Å²) in [6.45, 7) is 4.63. The fourth-order valence-electron chi connectivity index (χ4n) is 2.26. The maximum absolute atomic E-state index is 12.1. The van der Waals surface area contributed by atoms with Gasteiger partial charge in [-0.15, -0.1) is 0 Å². The van der Waals surface area contributed by atoms with E-state index in [1.807, 2.05) is 13.8 Å². The number of benzene rings is 1. The van der Waals surface area contributed by atoms with Crippen LogP contribution in [0.5, 0.6) is 11.5 Å². The molecule has 3 nitrogen and oxygen atoms in total. The number of unbranched alkanes of at least 4 members (excludes halogenated alkanes) is 1. The van der Waals surface area contributed by atoms with Gasteiger partial charge in [-0.3, -0.25) is 0 Å². The van der Waals surface area contributed by atoms with Crippen molar-refractivity contribution in [3.63, 3.8) is 0 Å². The number of ether oxygens (including phenoxy) is 2. The Kier molecular flexibility index (Phi) is 9.14. The number of aromatic hydroxyl groups is 1. The molecule has 0 bridgehead atoms. The first-order valence-electron chi connectivity index (χ1n) is 8.27. The number of halogens is 4. The number of phenols is 1. The largest absolute Gasteiger partial charge is 0.508 e. The van der Waals surface area contributed by atoms with Gasteiger partial charge in [0.1, 0.15) is 16.5 Å². The average Bonchev–Trinajstić information content (AvgIpc) is 2.56. The topological polar surface area (TPSA) is 38.7 Å². The number of aryl methyl sites for hydroxylation is 2. The molecular formula is C18H24ClF3O3. The van der Waals surface area contributed by atoms with E-state index in [9.17, 15) is 18.3 Å². The van der Waals surface area contributed by atoms with Crippen LogP contribution in [-0.4, -0.2) is 31.1 Å². The van der Waals surface area contributed by atoms with E-state index in [4.69, 9.17) is 21.1 Å². The Bertz CT molecular complexity index is 546. The van der Waals surface area contributed by atoms with E-state index in [1.54, 1.807) is 12.1 Å². The van der Waals surface area contributed by atoms with Gasteiger partial charge in [0.15, 0.2) is 0 Å². The molecule has 1 aromatic carbocycles. The lowest BCUT2D eigenvalue weighted by atomic mass is 10.0. The lowest BCUT2D eigenvalue weighted by Crippen LogP contribution is -2.08. The van der Waals surface area contributed by atoms with Crippen molar-refractivity contribution in [1.29, 1.82) is 0 Å². The molecule has 0 saturated heterocycles. The molecule has 0 heterocycles. The predicted molar refractivity (Wildman–Crippen MR) is 92.4 cm³/mol. The highest BCUT2D eigenvalue weighted by Gasteiger charge is 2.31. The lowest BCUT2D eigenvalue weighted by Gasteiger charge is -2.15. The molecule has 0 aliphatic carbocycles. The zero-order chi connectivity index (χ0) is 18.9. The zero-order valence-corrected chi connectivity index (χ0v) is 15.2.